The van der Waals surface area contributed by atoms with Gasteiger partial charge in [-0.3, -0.25) is 0 Å². The number of aromatic nitrogens is 2. The van der Waals surface area contributed by atoms with Crippen LogP contribution in [0.2, 0.25) is 0 Å². The van der Waals surface area contributed by atoms with Gasteiger partial charge in [-0.1, -0.05) is 6.07 Å². The van der Waals surface area contributed by atoms with Crippen molar-refractivity contribution in [2.75, 3.05) is 0 Å². The van der Waals surface area contributed by atoms with Crippen LogP contribution in [0.3, 0.4) is 0 Å². The van der Waals surface area contributed by atoms with Gasteiger partial charge in [0.15, 0.2) is 0 Å². The zero-order chi connectivity index (χ0) is 11.9. The molecule has 16 heavy (non-hydrogen) atoms. The lowest BCUT2D eigenvalue weighted by Crippen LogP contribution is -2.26. The Hall–Kier alpha value is -1.39. The number of hydrogen-bond donors (Lipinski definition) is 2. The minimum absolute atomic E-state index is 0.447. The molecule has 3 N–H and O–H groups in total. The number of imidazole rings is 1. The van der Waals surface area contributed by atoms with Crippen LogP contribution in [0.5, 0.6) is 0 Å². The van der Waals surface area contributed by atoms with Crippen molar-refractivity contribution in [1.29, 1.82) is 0 Å². The summed E-state index contributed by atoms with van der Waals surface area (Å²) in [6, 6.07) is 5.64. The zero-order valence-electron chi connectivity index (χ0n) is 9.81. The second-order valence-corrected chi connectivity index (χ2v) is 4.29. The molecule has 0 aliphatic rings. The standard InChI is InChI=1S/C12H17N3O/c1-7-4-5-10-9(6-7)14-12(15(10)3)11(13)8(2)16/h4-6,8,11,16H,13H2,1-3H3. The molecule has 2 rings (SSSR count). The van der Waals surface area contributed by atoms with Crippen molar-refractivity contribution in [1.82, 2.24) is 9.55 Å². The molecule has 0 radical (unpaired) electrons. The normalized spacial score (nSPS) is 15.3. The van der Waals surface area contributed by atoms with Crippen molar-refractivity contribution in [2.24, 2.45) is 12.8 Å². The number of nitrogens with two attached hydrogens (primary N) is 1. The third-order valence-electron chi connectivity index (χ3n) is 2.89. The fraction of sp³-hybridized carbons (Fsp3) is 0.417. The van der Waals surface area contributed by atoms with E-state index in [0.717, 1.165) is 16.9 Å². The van der Waals surface area contributed by atoms with Crippen molar-refractivity contribution < 1.29 is 5.11 Å². The molecule has 86 valence electrons. The van der Waals surface area contributed by atoms with Gasteiger partial charge in [-0.2, -0.15) is 0 Å². The molecule has 0 bridgehead atoms. The largest absolute Gasteiger partial charge is 0.391 e. The van der Waals surface area contributed by atoms with E-state index in [1.807, 2.05) is 36.7 Å². The van der Waals surface area contributed by atoms with Crippen LogP contribution in [0, 0.1) is 6.92 Å². The van der Waals surface area contributed by atoms with Crippen molar-refractivity contribution in [3.8, 4) is 0 Å². The molecule has 1 aromatic carbocycles. The fourth-order valence-corrected chi connectivity index (χ4v) is 1.84. The quantitative estimate of drug-likeness (QED) is 0.799. The van der Waals surface area contributed by atoms with Crippen molar-refractivity contribution in [3.63, 3.8) is 0 Å². The van der Waals surface area contributed by atoms with Gasteiger partial charge in [-0.05, 0) is 31.5 Å². The molecule has 4 nitrogen and oxygen atoms in total. The Kier molecular flexibility index (Phi) is 2.69. The van der Waals surface area contributed by atoms with Gasteiger partial charge < -0.3 is 15.4 Å². The van der Waals surface area contributed by atoms with Gasteiger partial charge >= 0.3 is 0 Å². The predicted octanol–water partition coefficient (Wildman–Crippen LogP) is 1.26. The van der Waals surface area contributed by atoms with E-state index in [1.54, 1.807) is 6.92 Å². The summed E-state index contributed by atoms with van der Waals surface area (Å²) in [4.78, 5) is 4.47. The van der Waals surface area contributed by atoms with Crippen molar-refractivity contribution in [2.45, 2.75) is 26.0 Å². The SMILES string of the molecule is Cc1ccc2c(c1)nc(C(N)C(C)O)n2C. The van der Waals surface area contributed by atoms with Gasteiger partial charge in [-0.25, -0.2) is 4.98 Å². The van der Waals surface area contributed by atoms with Gasteiger partial charge in [0.25, 0.3) is 0 Å². The topological polar surface area (TPSA) is 64.1 Å². The first-order chi connectivity index (χ1) is 7.50. The van der Waals surface area contributed by atoms with Crippen molar-refractivity contribution in [3.05, 3.63) is 29.6 Å². The first-order valence-electron chi connectivity index (χ1n) is 5.37. The minimum atomic E-state index is -0.600. The molecule has 2 aromatic rings. The Bertz CT molecular complexity index is 516. The second kappa shape index (κ2) is 3.88. The van der Waals surface area contributed by atoms with Crippen LogP contribution in [0.1, 0.15) is 24.4 Å². The molecular formula is C12H17N3O. The maximum absolute atomic E-state index is 9.50. The molecule has 2 unspecified atom stereocenters. The Morgan fingerprint density at radius 1 is 1.44 bits per heavy atom. The molecule has 4 heteroatoms. The summed E-state index contributed by atoms with van der Waals surface area (Å²) in [6.07, 6.45) is -0.600. The van der Waals surface area contributed by atoms with E-state index < -0.39 is 12.1 Å². The number of aryl methyl sites for hydroxylation is 2. The third kappa shape index (κ3) is 1.70. The summed E-state index contributed by atoms with van der Waals surface area (Å²) in [5, 5.41) is 9.50. The summed E-state index contributed by atoms with van der Waals surface area (Å²) < 4.78 is 1.94. The second-order valence-electron chi connectivity index (χ2n) is 4.29. The van der Waals surface area contributed by atoms with E-state index in [1.165, 1.54) is 5.56 Å². The number of fused-ring (bicyclic) bond motifs is 1. The van der Waals surface area contributed by atoms with Crippen LogP contribution in [0.25, 0.3) is 11.0 Å². The molecule has 0 fully saturated rings. The Morgan fingerprint density at radius 2 is 2.12 bits per heavy atom. The van der Waals surface area contributed by atoms with Gasteiger partial charge in [0, 0.05) is 7.05 Å². The summed E-state index contributed by atoms with van der Waals surface area (Å²) in [5.74, 6) is 0.718. The first kappa shape index (κ1) is 11.1. The number of rotatable bonds is 2. The molecule has 0 saturated heterocycles. The zero-order valence-corrected chi connectivity index (χ0v) is 9.81. The maximum Gasteiger partial charge on any atom is 0.129 e. The molecule has 0 amide bonds. The van der Waals surface area contributed by atoms with Gasteiger partial charge in [0.2, 0.25) is 0 Å². The predicted molar refractivity (Wildman–Crippen MR) is 64.1 cm³/mol. The smallest absolute Gasteiger partial charge is 0.129 e. The molecule has 0 spiro atoms. The van der Waals surface area contributed by atoms with E-state index in [-0.39, 0.29) is 0 Å². The average Bonchev–Trinajstić information content (AvgIpc) is 2.54. The van der Waals surface area contributed by atoms with E-state index in [0.29, 0.717) is 0 Å². The monoisotopic (exact) mass is 219 g/mol. The molecule has 0 aliphatic carbocycles. The van der Waals surface area contributed by atoms with Gasteiger partial charge in [0.05, 0.1) is 23.2 Å². The maximum atomic E-state index is 9.50. The molecule has 1 aromatic heterocycles. The molecular weight excluding hydrogens is 202 g/mol. The van der Waals surface area contributed by atoms with Crippen LogP contribution >= 0.6 is 0 Å². The number of nitrogens with zero attached hydrogens (tertiary/aromatic N) is 2. The molecule has 1 heterocycles. The van der Waals surface area contributed by atoms with Crippen LogP contribution in [-0.2, 0) is 7.05 Å². The van der Waals surface area contributed by atoms with Crippen LogP contribution in [0.15, 0.2) is 18.2 Å². The van der Waals surface area contributed by atoms with Crippen LogP contribution in [-0.4, -0.2) is 20.8 Å². The summed E-state index contributed by atoms with van der Waals surface area (Å²) in [6.45, 7) is 3.71. The lowest BCUT2D eigenvalue weighted by Gasteiger charge is -2.14. The summed E-state index contributed by atoms with van der Waals surface area (Å²) in [5.41, 5.74) is 9.04. The van der Waals surface area contributed by atoms with Crippen LogP contribution < -0.4 is 5.73 Å². The summed E-state index contributed by atoms with van der Waals surface area (Å²) >= 11 is 0. The Labute approximate surface area is 94.7 Å². The van der Waals surface area contributed by atoms with E-state index >= 15 is 0 Å². The molecule has 0 saturated carbocycles. The third-order valence-corrected chi connectivity index (χ3v) is 2.89. The van der Waals surface area contributed by atoms with Gasteiger partial charge in [0.1, 0.15) is 5.82 Å². The number of aliphatic hydroxyl groups excluding tert-OH is 1. The minimum Gasteiger partial charge on any atom is -0.391 e. The highest BCUT2D eigenvalue weighted by Gasteiger charge is 2.18. The number of hydrogen-bond acceptors (Lipinski definition) is 3. The number of aliphatic hydroxyl groups is 1. The lowest BCUT2D eigenvalue weighted by molar-refractivity contribution is 0.159. The molecule has 0 aliphatic heterocycles. The lowest BCUT2D eigenvalue weighted by atomic mass is 10.2. The highest BCUT2D eigenvalue weighted by Crippen LogP contribution is 2.21. The highest BCUT2D eigenvalue weighted by atomic mass is 16.3. The van der Waals surface area contributed by atoms with Crippen LogP contribution in [0.4, 0.5) is 0 Å². The Morgan fingerprint density at radius 3 is 2.75 bits per heavy atom. The average molecular weight is 219 g/mol. The number of benzene rings is 1. The molecule has 2 atom stereocenters. The Balaban J connectivity index is 2.60. The highest BCUT2D eigenvalue weighted by molar-refractivity contribution is 5.76. The summed E-state index contributed by atoms with van der Waals surface area (Å²) in [7, 11) is 1.92. The van der Waals surface area contributed by atoms with E-state index in [9.17, 15) is 5.11 Å². The van der Waals surface area contributed by atoms with Gasteiger partial charge in [-0.15, -0.1) is 0 Å². The van der Waals surface area contributed by atoms with E-state index in [4.69, 9.17) is 5.73 Å². The first-order valence-corrected chi connectivity index (χ1v) is 5.37. The fourth-order valence-electron chi connectivity index (χ4n) is 1.84. The van der Waals surface area contributed by atoms with E-state index in [2.05, 4.69) is 4.98 Å². The van der Waals surface area contributed by atoms with Crippen molar-refractivity contribution >= 4 is 11.0 Å².